The molecule has 0 spiro atoms. The molecule has 2 aromatic carbocycles. The van der Waals surface area contributed by atoms with Gasteiger partial charge in [-0.3, -0.25) is 0 Å². The van der Waals surface area contributed by atoms with Crippen LogP contribution >= 0.6 is 0 Å². The van der Waals surface area contributed by atoms with E-state index < -0.39 is 33.4 Å². The summed E-state index contributed by atoms with van der Waals surface area (Å²) in [6.07, 6.45) is 0. The number of benzene rings is 2. The van der Waals surface area contributed by atoms with E-state index in [1.54, 1.807) is 110 Å². The van der Waals surface area contributed by atoms with Gasteiger partial charge in [0.15, 0.2) is 0 Å². The van der Waals surface area contributed by atoms with Gasteiger partial charge < -0.3 is 4.90 Å². The average molecular weight is 502 g/mol. The first-order valence-electron chi connectivity index (χ1n) is 10.9. The van der Waals surface area contributed by atoms with Crippen molar-refractivity contribution >= 4 is 16.8 Å². The number of nitriles is 8. The van der Waals surface area contributed by atoms with E-state index in [4.69, 9.17) is 0 Å². The van der Waals surface area contributed by atoms with Crippen molar-refractivity contribution in [1.29, 1.82) is 42.1 Å². The van der Waals surface area contributed by atoms with E-state index in [0.717, 1.165) is 5.69 Å². The Morgan fingerprint density at radius 2 is 0.795 bits per heavy atom. The smallest absolute Gasteiger partial charge is 0.138 e. The van der Waals surface area contributed by atoms with Crippen molar-refractivity contribution in [1.82, 2.24) is 0 Å². The zero-order valence-corrected chi connectivity index (χ0v) is 20.7. The fraction of sp³-hybridized carbons (Fsp3) is 0.0667. The largest absolute Gasteiger partial charge is 0.378 e. The molecule has 0 atom stereocenters. The maximum atomic E-state index is 9.96. The molecule has 0 bridgehead atoms. The summed E-state index contributed by atoms with van der Waals surface area (Å²) >= 11 is 0. The third-order valence-corrected chi connectivity index (χ3v) is 5.38. The third-order valence-electron chi connectivity index (χ3n) is 5.38. The second-order valence-electron chi connectivity index (χ2n) is 7.70. The summed E-state index contributed by atoms with van der Waals surface area (Å²) in [5.74, 6) is 0. The van der Waals surface area contributed by atoms with Gasteiger partial charge in [-0.15, -0.1) is 0 Å². The first-order chi connectivity index (χ1) is 18.9. The molecule has 0 heterocycles. The molecular weight excluding hydrogens is 486 g/mol. The lowest BCUT2D eigenvalue weighted by molar-refractivity contribution is 1.13. The van der Waals surface area contributed by atoms with Crippen LogP contribution in [0.1, 0.15) is 11.1 Å². The lowest BCUT2D eigenvalue weighted by Crippen LogP contribution is -2.09. The molecule has 0 fully saturated rings. The Balaban J connectivity index is 3.36. The van der Waals surface area contributed by atoms with Crippen molar-refractivity contribution < 1.29 is 0 Å². The summed E-state index contributed by atoms with van der Waals surface area (Å²) in [6, 6.07) is 28.1. The van der Waals surface area contributed by atoms with Gasteiger partial charge in [0.2, 0.25) is 0 Å². The molecule has 39 heavy (non-hydrogen) atoms. The van der Waals surface area contributed by atoms with Gasteiger partial charge in [-0.1, -0.05) is 42.5 Å². The minimum atomic E-state index is -0.647. The molecule has 2 aromatic rings. The van der Waals surface area contributed by atoms with Gasteiger partial charge in [-0.25, -0.2) is 0 Å². The molecule has 9 nitrogen and oxygen atoms in total. The van der Waals surface area contributed by atoms with Gasteiger partial charge in [-0.2, -0.15) is 42.1 Å². The second-order valence-corrected chi connectivity index (χ2v) is 7.70. The predicted octanol–water partition coefficient (Wildman–Crippen LogP) is 4.74. The topological polar surface area (TPSA) is 194 Å². The van der Waals surface area contributed by atoms with Crippen molar-refractivity contribution in [2.45, 2.75) is 0 Å². The van der Waals surface area contributed by atoms with Crippen molar-refractivity contribution in [3.8, 4) is 48.6 Å². The van der Waals surface area contributed by atoms with E-state index in [1.165, 1.54) is 12.1 Å². The van der Waals surface area contributed by atoms with Crippen LogP contribution in [0.2, 0.25) is 0 Å². The number of rotatable bonds is 6. The molecule has 0 saturated carbocycles. The highest BCUT2D eigenvalue weighted by Gasteiger charge is 2.30. The van der Waals surface area contributed by atoms with E-state index >= 15 is 0 Å². The van der Waals surface area contributed by atoms with Crippen LogP contribution in [0, 0.1) is 90.6 Å². The van der Waals surface area contributed by atoms with E-state index in [2.05, 4.69) is 0 Å². The van der Waals surface area contributed by atoms with Crippen LogP contribution in [0.15, 0.2) is 88.0 Å². The molecule has 9 heteroatoms. The molecule has 0 aromatic heterocycles. The van der Waals surface area contributed by atoms with Crippen LogP contribution in [0.25, 0.3) is 11.1 Å². The van der Waals surface area contributed by atoms with Crippen molar-refractivity contribution in [3.63, 3.8) is 0 Å². The quantitative estimate of drug-likeness (QED) is 0.396. The molecule has 0 saturated heterocycles. The molecule has 0 aliphatic heterocycles. The normalized spacial score (nSPS) is 8.56. The monoisotopic (exact) mass is 501 g/mol. The summed E-state index contributed by atoms with van der Waals surface area (Å²) in [6.45, 7) is 0. The van der Waals surface area contributed by atoms with E-state index in [9.17, 15) is 42.1 Å². The predicted molar refractivity (Wildman–Crippen MR) is 140 cm³/mol. The summed E-state index contributed by atoms with van der Waals surface area (Å²) in [4.78, 5) is 1.80. The standard InChI is InChI=1S/C30H15N9/c1-39(2)26-10-8-21(9-11-26)28(23(14-33)15-34)30(25(18-37)19-38)29(24(16-35)17-36)27(22(12-31)13-32)20-6-4-3-5-7-20/h3-11H,1-2H3. The zero-order chi connectivity index (χ0) is 28.9. The van der Waals surface area contributed by atoms with Crippen LogP contribution in [-0.4, -0.2) is 14.1 Å². The molecule has 0 N–H and O–H groups in total. The van der Waals surface area contributed by atoms with Crippen LogP contribution in [0.3, 0.4) is 0 Å². The minimum Gasteiger partial charge on any atom is -0.378 e. The van der Waals surface area contributed by atoms with Gasteiger partial charge in [-0.05, 0) is 23.3 Å². The molecule has 2 rings (SSSR count). The van der Waals surface area contributed by atoms with E-state index in [1.807, 2.05) is 0 Å². The Bertz CT molecular complexity index is 1710. The molecule has 180 valence electrons. The SMILES string of the molecule is CN(C)c1ccc(C(=C(C#N)C#N)C(=C(C#N)C#N)C(=C(C#N)C#N)C(=C(C#N)C#N)c2ccccc2)cc1. The Hall–Kier alpha value is -6.88. The lowest BCUT2D eigenvalue weighted by atomic mass is 9.78. The van der Waals surface area contributed by atoms with E-state index in [-0.39, 0.29) is 22.3 Å². The second kappa shape index (κ2) is 13.3. The van der Waals surface area contributed by atoms with Crippen LogP contribution in [0.4, 0.5) is 5.69 Å². The van der Waals surface area contributed by atoms with Crippen LogP contribution < -0.4 is 4.90 Å². The molecule has 0 unspecified atom stereocenters. The summed E-state index contributed by atoms with van der Waals surface area (Å²) in [5, 5.41) is 79.2. The number of allylic oxidation sites excluding steroid dienone is 8. The molecule has 0 amide bonds. The average Bonchev–Trinajstić information content (AvgIpc) is 2.97. The highest BCUT2D eigenvalue weighted by Crippen LogP contribution is 2.43. The fourth-order valence-electron chi connectivity index (χ4n) is 3.66. The lowest BCUT2D eigenvalue weighted by Gasteiger charge is -2.21. The molecule has 0 radical (unpaired) electrons. The maximum Gasteiger partial charge on any atom is 0.138 e. The van der Waals surface area contributed by atoms with Gasteiger partial charge in [0.1, 0.15) is 70.8 Å². The number of nitrogens with zero attached hydrogens (tertiary/aromatic N) is 9. The molecule has 0 aliphatic carbocycles. The van der Waals surface area contributed by atoms with Crippen molar-refractivity contribution in [2.75, 3.05) is 19.0 Å². The number of hydrogen-bond donors (Lipinski definition) is 0. The molecule has 0 aliphatic rings. The first-order valence-corrected chi connectivity index (χ1v) is 10.9. The van der Waals surface area contributed by atoms with Gasteiger partial charge >= 0.3 is 0 Å². The number of hydrogen-bond acceptors (Lipinski definition) is 9. The summed E-state index contributed by atoms with van der Waals surface area (Å²) in [5.41, 5.74) is -2.39. The maximum absolute atomic E-state index is 9.96. The van der Waals surface area contributed by atoms with Crippen molar-refractivity contribution in [2.24, 2.45) is 0 Å². The van der Waals surface area contributed by atoms with Crippen molar-refractivity contribution in [3.05, 3.63) is 99.2 Å². The van der Waals surface area contributed by atoms with Gasteiger partial charge in [0.25, 0.3) is 0 Å². The molecular formula is C30H15N9. The summed E-state index contributed by atoms with van der Waals surface area (Å²) in [7, 11) is 3.59. The summed E-state index contributed by atoms with van der Waals surface area (Å²) < 4.78 is 0. The van der Waals surface area contributed by atoms with Gasteiger partial charge in [0, 0.05) is 42.1 Å². The number of anilines is 1. The minimum absolute atomic E-state index is 0.214. The zero-order valence-electron chi connectivity index (χ0n) is 20.7. The third kappa shape index (κ3) is 5.86. The Morgan fingerprint density at radius 1 is 0.462 bits per heavy atom. The van der Waals surface area contributed by atoms with Gasteiger partial charge in [0.05, 0.1) is 0 Å². The van der Waals surface area contributed by atoms with Crippen LogP contribution in [-0.2, 0) is 0 Å². The fourth-order valence-corrected chi connectivity index (χ4v) is 3.66. The van der Waals surface area contributed by atoms with E-state index in [0.29, 0.717) is 0 Å². The Labute approximate surface area is 225 Å². The Kier molecular flexibility index (Phi) is 9.65. The highest BCUT2D eigenvalue weighted by molar-refractivity contribution is 6.02. The highest BCUT2D eigenvalue weighted by atomic mass is 15.1. The van der Waals surface area contributed by atoms with Crippen LogP contribution in [0.5, 0.6) is 0 Å². The Morgan fingerprint density at radius 3 is 1.10 bits per heavy atom. The first kappa shape index (κ1) is 28.4.